The van der Waals surface area contributed by atoms with Gasteiger partial charge in [0.2, 0.25) is 18.2 Å². The third kappa shape index (κ3) is 7.09. The van der Waals surface area contributed by atoms with E-state index >= 15 is 0 Å². The van der Waals surface area contributed by atoms with Crippen LogP contribution in [0, 0.1) is 0 Å². The molecule has 37 heavy (non-hydrogen) atoms. The van der Waals surface area contributed by atoms with E-state index in [1.54, 1.807) is 6.92 Å². The van der Waals surface area contributed by atoms with Gasteiger partial charge in [0.15, 0.2) is 18.0 Å². The molecule has 3 rings (SSSR count). The number of hydrogen-bond donors (Lipinski definition) is 0. The van der Waals surface area contributed by atoms with Crippen molar-refractivity contribution in [1.82, 2.24) is 0 Å². The molecule has 0 spiro atoms. The molecule has 0 unspecified atom stereocenters. The molecule has 0 aromatic rings. The molecule has 0 N–H and O–H groups in total. The minimum atomic E-state index is -1.45. The predicted octanol–water partition coefficient (Wildman–Crippen LogP) is 2.14. The Hall–Kier alpha value is -3.41. The highest BCUT2D eigenvalue weighted by Crippen LogP contribution is 2.37. The Kier molecular flexibility index (Phi) is 9.30. The summed E-state index contributed by atoms with van der Waals surface area (Å²) in [5.41, 5.74) is 0.899. The molecule has 204 valence electrons. The second-order valence-electron chi connectivity index (χ2n) is 8.97. The monoisotopic (exact) mass is 524 g/mol. The summed E-state index contributed by atoms with van der Waals surface area (Å²) in [5.74, 6) is -2.95. The van der Waals surface area contributed by atoms with Gasteiger partial charge in [0, 0.05) is 34.1 Å². The summed E-state index contributed by atoms with van der Waals surface area (Å²) in [6.45, 7) is 6.09. The molecule has 3 aliphatic rings. The van der Waals surface area contributed by atoms with Gasteiger partial charge in [0.1, 0.15) is 11.9 Å². The van der Waals surface area contributed by atoms with Crippen LogP contribution >= 0.6 is 0 Å². The Balaban J connectivity index is 1.95. The van der Waals surface area contributed by atoms with Crippen molar-refractivity contribution in [2.45, 2.75) is 97.4 Å². The zero-order chi connectivity index (χ0) is 27.3. The number of ketones is 1. The van der Waals surface area contributed by atoms with E-state index in [9.17, 15) is 24.0 Å². The highest BCUT2D eigenvalue weighted by atomic mass is 16.7. The van der Waals surface area contributed by atoms with E-state index in [-0.39, 0.29) is 30.3 Å². The fourth-order valence-corrected chi connectivity index (χ4v) is 4.52. The van der Waals surface area contributed by atoms with Gasteiger partial charge in [-0.05, 0) is 38.2 Å². The van der Waals surface area contributed by atoms with Gasteiger partial charge in [-0.1, -0.05) is 0 Å². The van der Waals surface area contributed by atoms with E-state index in [1.807, 2.05) is 0 Å². The SMILES string of the molecule is CC(=O)OCC[C@H]1O[C@@H](OC2=C(C)OC(=C3CCCC3)C2=O)[C@H](OC(C)=O)[C@@H](OC(C)=O)[C@@H]1OC(C)=O. The van der Waals surface area contributed by atoms with E-state index in [2.05, 4.69) is 0 Å². The Bertz CT molecular complexity index is 1000. The standard InChI is InChI=1S/C25H32O12/c1-12-20(19(30)21(32-12)17-8-6-7-9-17)37-25-24(35-16(5)29)23(34-15(4)28)22(33-14(3)27)18(36-25)10-11-31-13(2)26/h18,22-25H,6-11H2,1-5H3/t18-,22-,23+,24-,25+/m1/s1. The van der Waals surface area contributed by atoms with Crippen LogP contribution in [0.5, 0.6) is 0 Å². The fraction of sp³-hybridized carbons (Fsp3) is 0.640. The summed E-state index contributed by atoms with van der Waals surface area (Å²) in [6.07, 6.45) is -3.05. The van der Waals surface area contributed by atoms with Gasteiger partial charge in [-0.15, -0.1) is 0 Å². The molecule has 0 bridgehead atoms. The lowest BCUT2D eigenvalue weighted by Gasteiger charge is -2.44. The zero-order valence-electron chi connectivity index (χ0n) is 21.5. The lowest BCUT2D eigenvalue weighted by Crippen LogP contribution is -2.62. The lowest BCUT2D eigenvalue weighted by atomic mass is 9.96. The van der Waals surface area contributed by atoms with Gasteiger partial charge in [-0.3, -0.25) is 24.0 Å². The van der Waals surface area contributed by atoms with Crippen molar-refractivity contribution in [1.29, 1.82) is 0 Å². The minimum absolute atomic E-state index is 0.0136. The highest BCUT2D eigenvalue weighted by Gasteiger charge is 2.54. The molecule has 12 heteroatoms. The van der Waals surface area contributed by atoms with E-state index in [4.69, 9.17) is 33.2 Å². The molecule has 0 amide bonds. The molecule has 1 aliphatic carbocycles. The van der Waals surface area contributed by atoms with E-state index in [0.717, 1.165) is 52.0 Å². The number of ether oxygens (including phenoxy) is 7. The topological polar surface area (TPSA) is 150 Å². The molecular formula is C25H32O12. The quantitative estimate of drug-likeness (QED) is 0.260. The van der Waals surface area contributed by atoms with E-state index in [1.165, 1.54) is 6.92 Å². The number of rotatable bonds is 8. The average molecular weight is 525 g/mol. The second kappa shape index (κ2) is 12.2. The largest absolute Gasteiger partial charge is 0.466 e. The molecule has 2 fully saturated rings. The smallest absolute Gasteiger partial charge is 0.303 e. The second-order valence-corrected chi connectivity index (χ2v) is 8.97. The first-order valence-corrected chi connectivity index (χ1v) is 12.1. The van der Waals surface area contributed by atoms with Crippen LogP contribution in [0.2, 0.25) is 0 Å². The highest BCUT2D eigenvalue weighted by molar-refractivity contribution is 6.08. The van der Waals surface area contributed by atoms with Gasteiger partial charge >= 0.3 is 23.9 Å². The molecule has 12 nitrogen and oxygen atoms in total. The van der Waals surface area contributed by atoms with Crippen molar-refractivity contribution in [3.05, 3.63) is 22.9 Å². The maximum Gasteiger partial charge on any atom is 0.303 e. The normalized spacial score (nSPS) is 27.5. The van der Waals surface area contributed by atoms with Crippen LogP contribution in [0.1, 0.15) is 66.7 Å². The number of esters is 4. The van der Waals surface area contributed by atoms with Crippen LogP contribution in [0.4, 0.5) is 0 Å². The van der Waals surface area contributed by atoms with Crippen LogP contribution in [0.3, 0.4) is 0 Å². The number of hydrogen-bond acceptors (Lipinski definition) is 12. The summed E-state index contributed by atoms with van der Waals surface area (Å²) >= 11 is 0. The van der Waals surface area contributed by atoms with Crippen LogP contribution in [0.15, 0.2) is 22.9 Å². The number of carbonyl (C=O) groups is 5. The molecule has 0 aromatic carbocycles. The Morgan fingerprint density at radius 3 is 1.97 bits per heavy atom. The summed E-state index contributed by atoms with van der Waals surface area (Å²) in [6, 6.07) is 0. The number of allylic oxidation sites excluding steroid dienone is 2. The van der Waals surface area contributed by atoms with Gasteiger partial charge in [-0.25, -0.2) is 0 Å². The third-order valence-electron chi connectivity index (χ3n) is 5.95. The maximum atomic E-state index is 13.2. The average Bonchev–Trinajstić information content (AvgIpc) is 3.41. The van der Waals surface area contributed by atoms with Crippen LogP contribution in [-0.2, 0) is 57.1 Å². The molecule has 2 aliphatic heterocycles. The lowest BCUT2D eigenvalue weighted by molar-refractivity contribution is -0.296. The molecule has 0 aromatic heterocycles. The predicted molar refractivity (Wildman–Crippen MR) is 122 cm³/mol. The van der Waals surface area contributed by atoms with Crippen molar-refractivity contribution in [3.63, 3.8) is 0 Å². The molecule has 1 saturated heterocycles. The Labute approximate surface area is 214 Å². The fourth-order valence-electron chi connectivity index (χ4n) is 4.52. The van der Waals surface area contributed by atoms with Gasteiger partial charge in [0.25, 0.3) is 5.78 Å². The van der Waals surface area contributed by atoms with Crippen LogP contribution in [0.25, 0.3) is 0 Å². The van der Waals surface area contributed by atoms with Crippen LogP contribution < -0.4 is 0 Å². The summed E-state index contributed by atoms with van der Waals surface area (Å²) in [7, 11) is 0. The van der Waals surface area contributed by atoms with Crippen molar-refractivity contribution in [2.75, 3.05) is 6.61 Å². The van der Waals surface area contributed by atoms with Crippen molar-refractivity contribution in [2.24, 2.45) is 0 Å². The molecule has 5 atom stereocenters. The van der Waals surface area contributed by atoms with Gasteiger partial charge in [0.05, 0.1) is 6.61 Å². The van der Waals surface area contributed by atoms with Crippen LogP contribution in [-0.4, -0.2) is 67.0 Å². The zero-order valence-corrected chi connectivity index (χ0v) is 21.5. The van der Waals surface area contributed by atoms with E-state index < -0.39 is 60.4 Å². The van der Waals surface area contributed by atoms with Crippen molar-refractivity contribution < 1.29 is 57.1 Å². The number of Topliss-reactive ketones (excluding diaryl/α,β-unsaturated/α-hetero) is 1. The first-order chi connectivity index (χ1) is 17.5. The molecule has 2 heterocycles. The summed E-state index contributed by atoms with van der Waals surface area (Å²) in [4.78, 5) is 60.3. The van der Waals surface area contributed by atoms with Gasteiger partial charge < -0.3 is 33.2 Å². The minimum Gasteiger partial charge on any atom is -0.466 e. The van der Waals surface area contributed by atoms with Crippen molar-refractivity contribution in [3.8, 4) is 0 Å². The maximum absolute atomic E-state index is 13.2. The summed E-state index contributed by atoms with van der Waals surface area (Å²) < 4.78 is 38.9. The Morgan fingerprint density at radius 1 is 0.838 bits per heavy atom. The van der Waals surface area contributed by atoms with Crippen molar-refractivity contribution >= 4 is 29.7 Å². The molecule has 0 radical (unpaired) electrons. The van der Waals surface area contributed by atoms with Gasteiger partial charge in [-0.2, -0.15) is 0 Å². The molecular weight excluding hydrogens is 492 g/mol. The molecule has 1 saturated carbocycles. The Morgan fingerprint density at radius 2 is 1.41 bits per heavy atom. The third-order valence-corrected chi connectivity index (χ3v) is 5.95. The summed E-state index contributed by atoms with van der Waals surface area (Å²) in [5, 5.41) is 0. The number of carbonyl (C=O) groups excluding carboxylic acids is 5. The van der Waals surface area contributed by atoms with E-state index in [0.29, 0.717) is 0 Å². The first-order valence-electron chi connectivity index (χ1n) is 12.1. The first kappa shape index (κ1) is 28.2.